The van der Waals surface area contributed by atoms with Gasteiger partial charge in [0.15, 0.2) is 5.78 Å². The van der Waals surface area contributed by atoms with E-state index in [0.717, 1.165) is 5.65 Å². The molecule has 0 bridgehead atoms. The second-order valence-corrected chi connectivity index (χ2v) is 2.67. The van der Waals surface area contributed by atoms with Gasteiger partial charge in [0, 0.05) is 24.2 Å². The number of rotatable bonds is 1. The first-order valence-corrected chi connectivity index (χ1v) is 3.71. The van der Waals surface area contributed by atoms with Gasteiger partial charge in [-0.3, -0.25) is 4.79 Å². The first kappa shape index (κ1) is 7.03. The highest BCUT2D eigenvalue weighted by Crippen LogP contribution is 2.04. The molecule has 12 heavy (non-hydrogen) atoms. The molecule has 3 heteroatoms. The van der Waals surface area contributed by atoms with Crippen LogP contribution in [0.3, 0.4) is 0 Å². The lowest BCUT2D eigenvalue weighted by molar-refractivity contribution is 0.101. The second-order valence-electron chi connectivity index (χ2n) is 2.67. The minimum Gasteiger partial charge on any atom is -0.306 e. The molecule has 0 unspecified atom stereocenters. The largest absolute Gasteiger partial charge is 0.306 e. The third-order valence-electron chi connectivity index (χ3n) is 1.80. The van der Waals surface area contributed by atoms with Crippen LogP contribution >= 0.6 is 0 Å². The van der Waals surface area contributed by atoms with Gasteiger partial charge in [0.1, 0.15) is 5.65 Å². The zero-order valence-corrected chi connectivity index (χ0v) is 6.69. The van der Waals surface area contributed by atoms with Gasteiger partial charge in [0.05, 0.1) is 0 Å². The molecular weight excluding hydrogens is 152 g/mol. The smallest absolute Gasteiger partial charge is 0.161 e. The first-order valence-electron chi connectivity index (χ1n) is 3.71. The summed E-state index contributed by atoms with van der Waals surface area (Å²) in [6.07, 6.45) is 5.31. The monoisotopic (exact) mass is 160 g/mol. The molecule has 0 aliphatic heterocycles. The number of hydrogen-bond donors (Lipinski definition) is 0. The summed E-state index contributed by atoms with van der Waals surface area (Å²) >= 11 is 0. The van der Waals surface area contributed by atoms with E-state index in [-0.39, 0.29) is 5.78 Å². The molecule has 0 aliphatic rings. The Hall–Kier alpha value is -1.64. The predicted octanol–water partition coefficient (Wildman–Crippen LogP) is 1.54. The average Bonchev–Trinajstić information content (AvgIpc) is 2.49. The van der Waals surface area contributed by atoms with Crippen LogP contribution in [0.2, 0.25) is 0 Å². The molecular formula is C9H8N2O. The number of aromatic nitrogens is 2. The summed E-state index contributed by atoms with van der Waals surface area (Å²) in [6.45, 7) is 1.55. The molecule has 0 atom stereocenters. The van der Waals surface area contributed by atoms with E-state index in [9.17, 15) is 4.79 Å². The zero-order chi connectivity index (χ0) is 8.55. The molecule has 2 heterocycles. The van der Waals surface area contributed by atoms with Crippen LogP contribution in [-0.2, 0) is 0 Å². The summed E-state index contributed by atoms with van der Waals surface area (Å²) in [7, 11) is 0. The van der Waals surface area contributed by atoms with E-state index in [1.54, 1.807) is 25.4 Å². The number of imidazole rings is 1. The number of nitrogens with zero attached hydrogens (tertiary/aromatic N) is 2. The fourth-order valence-electron chi connectivity index (χ4n) is 1.13. The number of pyridine rings is 1. The molecule has 2 aromatic rings. The van der Waals surface area contributed by atoms with Crippen molar-refractivity contribution < 1.29 is 4.79 Å². The molecule has 2 aromatic heterocycles. The first-order chi connectivity index (χ1) is 5.77. The Morgan fingerprint density at radius 2 is 2.33 bits per heavy atom. The maximum absolute atomic E-state index is 11.0. The Balaban J connectivity index is 2.68. The van der Waals surface area contributed by atoms with Crippen molar-refractivity contribution >= 4 is 11.4 Å². The second kappa shape index (κ2) is 2.44. The Bertz CT molecular complexity index is 431. The van der Waals surface area contributed by atoms with Gasteiger partial charge in [-0.25, -0.2) is 4.98 Å². The third-order valence-corrected chi connectivity index (χ3v) is 1.80. The summed E-state index contributed by atoms with van der Waals surface area (Å²) in [4.78, 5) is 15.0. The predicted molar refractivity (Wildman–Crippen MR) is 45.2 cm³/mol. The molecule has 0 aromatic carbocycles. The summed E-state index contributed by atoms with van der Waals surface area (Å²) in [5, 5.41) is 0. The SMILES string of the molecule is CC(=O)c1ccc2nccn2c1. The molecule has 0 spiro atoms. The minimum atomic E-state index is 0.0746. The van der Waals surface area contributed by atoms with Crippen LogP contribution in [0.15, 0.2) is 30.7 Å². The van der Waals surface area contributed by atoms with Gasteiger partial charge in [-0.1, -0.05) is 0 Å². The number of Topliss-reactive ketones (excluding diaryl/α,β-unsaturated/α-hetero) is 1. The lowest BCUT2D eigenvalue weighted by Gasteiger charge is -1.96. The van der Waals surface area contributed by atoms with Crippen molar-refractivity contribution in [2.75, 3.05) is 0 Å². The molecule has 0 saturated carbocycles. The zero-order valence-electron chi connectivity index (χ0n) is 6.69. The van der Waals surface area contributed by atoms with Crippen LogP contribution in [0, 0.1) is 0 Å². The summed E-state index contributed by atoms with van der Waals surface area (Å²) in [5.41, 5.74) is 1.57. The van der Waals surface area contributed by atoms with E-state index in [0.29, 0.717) is 5.56 Å². The van der Waals surface area contributed by atoms with Crippen molar-refractivity contribution in [3.8, 4) is 0 Å². The standard InChI is InChI=1S/C9H8N2O/c1-7(12)8-2-3-9-10-4-5-11(9)6-8/h2-6H,1H3. The van der Waals surface area contributed by atoms with Crippen LogP contribution in [-0.4, -0.2) is 15.2 Å². The number of carbonyl (C=O) groups excluding carboxylic acids is 1. The molecule has 0 radical (unpaired) electrons. The fraction of sp³-hybridized carbons (Fsp3) is 0.111. The van der Waals surface area contributed by atoms with Gasteiger partial charge in [0.25, 0.3) is 0 Å². The molecule has 2 rings (SSSR count). The molecule has 60 valence electrons. The number of carbonyl (C=O) groups is 1. The molecule has 0 N–H and O–H groups in total. The molecule has 3 nitrogen and oxygen atoms in total. The normalized spacial score (nSPS) is 10.4. The maximum atomic E-state index is 11.0. The van der Waals surface area contributed by atoms with E-state index in [1.807, 2.05) is 16.7 Å². The van der Waals surface area contributed by atoms with E-state index >= 15 is 0 Å². The Morgan fingerprint density at radius 1 is 1.50 bits per heavy atom. The van der Waals surface area contributed by atoms with Gasteiger partial charge in [0.2, 0.25) is 0 Å². The summed E-state index contributed by atoms with van der Waals surface area (Å²) in [5.74, 6) is 0.0746. The van der Waals surface area contributed by atoms with Crippen molar-refractivity contribution in [3.05, 3.63) is 36.3 Å². The van der Waals surface area contributed by atoms with E-state index in [4.69, 9.17) is 0 Å². The van der Waals surface area contributed by atoms with Crippen LogP contribution in [0.25, 0.3) is 5.65 Å². The molecule has 0 aliphatic carbocycles. The van der Waals surface area contributed by atoms with E-state index in [2.05, 4.69) is 4.98 Å². The van der Waals surface area contributed by atoms with Crippen LogP contribution in [0.5, 0.6) is 0 Å². The highest BCUT2D eigenvalue weighted by Gasteiger charge is 1.99. The maximum Gasteiger partial charge on any atom is 0.161 e. The van der Waals surface area contributed by atoms with Crippen LogP contribution < -0.4 is 0 Å². The van der Waals surface area contributed by atoms with Gasteiger partial charge in [-0.05, 0) is 19.1 Å². The van der Waals surface area contributed by atoms with Gasteiger partial charge in [-0.15, -0.1) is 0 Å². The number of hydrogen-bond acceptors (Lipinski definition) is 2. The Labute approximate surface area is 69.7 Å². The van der Waals surface area contributed by atoms with Gasteiger partial charge >= 0.3 is 0 Å². The highest BCUT2D eigenvalue weighted by atomic mass is 16.1. The average molecular weight is 160 g/mol. The Morgan fingerprint density at radius 3 is 3.08 bits per heavy atom. The molecule has 0 amide bonds. The Kier molecular flexibility index (Phi) is 1.43. The quantitative estimate of drug-likeness (QED) is 0.593. The topological polar surface area (TPSA) is 34.4 Å². The third kappa shape index (κ3) is 0.993. The van der Waals surface area contributed by atoms with Crippen molar-refractivity contribution in [3.63, 3.8) is 0 Å². The number of ketones is 1. The van der Waals surface area contributed by atoms with E-state index in [1.165, 1.54) is 0 Å². The lowest BCUT2D eigenvalue weighted by atomic mass is 10.2. The summed E-state index contributed by atoms with van der Waals surface area (Å²) in [6, 6.07) is 3.61. The summed E-state index contributed by atoms with van der Waals surface area (Å²) < 4.78 is 1.83. The lowest BCUT2D eigenvalue weighted by Crippen LogP contribution is -1.94. The van der Waals surface area contributed by atoms with Gasteiger partial charge in [-0.2, -0.15) is 0 Å². The van der Waals surface area contributed by atoms with Crippen molar-refractivity contribution in [1.82, 2.24) is 9.38 Å². The highest BCUT2D eigenvalue weighted by molar-refractivity contribution is 5.93. The van der Waals surface area contributed by atoms with Crippen molar-refractivity contribution in [2.24, 2.45) is 0 Å². The van der Waals surface area contributed by atoms with Crippen LogP contribution in [0.1, 0.15) is 17.3 Å². The van der Waals surface area contributed by atoms with Crippen LogP contribution in [0.4, 0.5) is 0 Å². The van der Waals surface area contributed by atoms with Gasteiger partial charge < -0.3 is 4.40 Å². The number of fused-ring (bicyclic) bond motifs is 1. The van der Waals surface area contributed by atoms with E-state index < -0.39 is 0 Å². The van der Waals surface area contributed by atoms with Crippen molar-refractivity contribution in [2.45, 2.75) is 6.92 Å². The minimum absolute atomic E-state index is 0.0746. The fourth-order valence-corrected chi connectivity index (χ4v) is 1.13. The molecule has 0 fully saturated rings. The molecule has 0 saturated heterocycles. The van der Waals surface area contributed by atoms with Crippen molar-refractivity contribution in [1.29, 1.82) is 0 Å².